The largest absolute Gasteiger partial charge is 0.465 e. The van der Waals surface area contributed by atoms with Gasteiger partial charge < -0.3 is 19.7 Å². The smallest absolute Gasteiger partial charge is 0.417 e. The SMILES string of the molecule is COCC(OC)c1ccc2c(c1)N(C(=O)O)CC1=CC=CN(C(=O)O)C1=N2. The molecular formula is C18H19N3O6. The van der Waals surface area contributed by atoms with Gasteiger partial charge in [-0.25, -0.2) is 19.5 Å². The van der Waals surface area contributed by atoms with Gasteiger partial charge in [-0.05, 0) is 23.8 Å². The quantitative estimate of drug-likeness (QED) is 0.839. The first-order chi connectivity index (χ1) is 13.0. The standard InChI is InChI=1S/C18H19N3O6/c1-26-10-15(27-2)11-5-6-13-14(8-11)21(18(24)25)9-12-4-3-7-20(17(22)23)16(12)19-13/h3-8,15H,9-10H2,1-2H3,(H,22,23)(H,24,25). The van der Waals surface area contributed by atoms with Crippen LogP contribution in [0.25, 0.3) is 0 Å². The molecule has 0 aliphatic carbocycles. The molecule has 0 saturated heterocycles. The highest BCUT2D eigenvalue weighted by molar-refractivity contribution is 6.12. The number of methoxy groups -OCH3 is 2. The second-order valence-corrected chi connectivity index (χ2v) is 5.92. The molecule has 142 valence electrons. The number of ether oxygens (including phenoxy) is 2. The predicted molar refractivity (Wildman–Crippen MR) is 97.6 cm³/mol. The van der Waals surface area contributed by atoms with Crippen molar-refractivity contribution in [2.45, 2.75) is 6.10 Å². The maximum Gasteiger partial charge on any atom is 0.417 e. The topological polar surface area (TPSA) is 112 Å². The van der Waals surface area contributed by atoms with E-state index in [2.05, 4.69) is 4.99 Å². The maximum absolute atomic E-state index is 11.9. The third-order valence-corrected chi connectivity index (χ3v) is 4.30. The summed E-state index contributed by atoms with van der Waals surface area (Å²) in [6.45, 7) is 0.277. The molecule has 2 N–H and O–H groups in total. The minimum Gasteiger partial charge on any atom is -0.465 e. The van der Waals surface area contributed by atoms with Crippen LogP contribution in [0, 0.1) is 0 Å². The summed E-state index contributed by atoms with van der Waals surface area (Å²) in [6, 6.07) is 5.09. The number of benzene rings is 1. The molecule has 9 nitrogen and oxygen atoms in total. The third-order valence-electron chi connectivity index (χ3n) is 4.30. The van der Waals surface area contributed by atoms with Gasteiger partial charge in [-0.2, -0.15) is 0 Å². The van der Waals surface area contributed by atoms with Gasteiger partial charge in [-0.1, -0.05) is 12.1 Å². The number of aliphatic imine (C=N–C) groups is 1. The van der Waals surface area contributed by atoms with Crippen molar-refractivity contribution in [3.05, 3.63) is 47.7 Å². The van der Waals surface area contributed by atoms with Gasteiger partial charge in [0.2, 0.25) is 0 Å². The van der Waals surface area contributed by atoms with Crippen LogP contribution in [0.1, 0.15) is 11.7 Å². The lowest BCUT2D eigenvalue weighted by molar-refractivity contribution is 0.0275. The zero-order valence-corrected chi connectivity index (χ0v) is 14.8. The van der Waals surface area contributed by atoms with Crippen molar-refractivity contribution < 1.29 is 29.3 Å². The molecule has 2 aliphatic heterocycles. The van der Waals surface area contributed by atoms with Crippen LogP contribution in [0.15, 0.2) is 47.1 Å². The van der Waals surface area contributed by atoms with Gasteiger partial charge >= 0.3 is 12.2 Å². The lowest BCUT2D eigenvalue weighted by atomic mass is 10.1. The van der Waals surface area contributed by atoms with Crippen molar-refractivity contribution in [1.82, 2.24) is 4.90 Å². The third kappa shape index (κ3) is 3.55. The molecule has 1 unspecified atom stereocenters. The van der Waals surface area contributed by atoms with Crippen LogP contribution < -0.4 is 4.90 Å². The Hall–Kier alpha value is -3.17. The molecule has 2 aliphatic rings. The molecule has 1 aromatic carbocycles. The predicted octanol–water partition coefficient (Wildman–Crippen LogP) is 2.98. The fourth-order valence-corrected chi connectivity index (χ4v) is 2.99. The number of carboxylic acid groups (broad SMARTS) is 2. The van der Waals surface area contributed by atoms with Gasteiger partial charge in [0.15, 0.2) is 0 Å². The Morgan fingerprint density at radius 1 is 1.26 bits per heavy atom. The molecule has 2 heterocycles. The molecule has 0 radical (unpaired) electrons. The molecule has 0 saturated carbocycles. The zero-order valence-electron chi connectivity index (χ0n) is 14.8. The first-order valence-corrected chi connectivity index (χ1v) is 8.11. The van der Waals surface area contributed by atoms with Gasteiger partial charge in [0.25, 0.3) is 0 Å². The van der Waals surface area contributed by atoms with Crippen LogP contribution >= 0.6 is 0 Å². The van der Waals surface area contributed by atoms with E-state index < -0.39 is 12.2 Å². The molecule has 27 heavy (non-hydrogen) atoms. The van der Waals surface area contributed by atoms with Crippen LogP contribution in [0.4, 0.5) is 21.0 Å². The van der Waals surface area contributed by atoms with E-state index in [0.29, 0.717) is 23.6 Å². The fourth-order valence-electron chi connectivity index (χ4n) is 2.99. The molecule has 3 rings (SSSR count). The Bertz CT molecular complexity index is 861. The molecule has 9 heteroatoms. The minimum atomic E-state index is -1.20. The van der Waals surface area contributed by atoms with Crippen LogP contribution in [-0.4, -0.2) is 60.5 Å². The van der Waals surface area contributed by atoms with Crippen molar-refractivity contribution in [2.24, 2.45) is 4.99 Å². The van der Waals surface area contributed by atoms with Gasteiger partial charge in [-0.3, -0.25) is 4.90 Å². The van der Waals surface area contributed by atoms with Crippen molar-refractivity contribution in [3.8, 4) is 0 Å². The molecule has 0 fully saturated rings. The van der Waals surface area contributed by atoms with Crippen molar-refractivity contribution in [1.29, 1.82) is 0 Å². The van der Waals surface area contributed by atoms with Crippen molar-refractivity contribution >= 4 is 29.4 Å². The van der Waals surface area contributed by atoms with Crippen molar-refractivity contribution in [3.63, 3.8) is 0 Å². The summed E-state index contributed by atoms with van der Waals surface area (Å²) >= 11 is 0. The number of anilines is 1. The highest BCUT2D eigenvalue weighted by Crippen LogP contribution is 2.37. The van der Waals surface area contributed by atoms with E-state index in [0.717, 1.165) is 15.4 Å². The lowest BCUT2D eigenvalue weighted by Gasteiger charge is -2.24. The second kappa shape index (κ2) is 7.60. The highest BCUT2D eigenvalue weighted by Gasteiger charge is 2.31. The molecule has 0 aromatic heterocycles. The number of hydrogen-bond acceptors (Lipinski definition) is 5. The summed E-state index contributed by atoms with van der Waals surface area (Å²) in [7, 11) is 3.09. The number of hydrogen-bond donors (Lipinski definition) is 2. The Kier molecular flexibility index (Phi) is 5.24. The fraction of sp³-hybridized carbons (Fsp3) is 0.278. The van der Waals surface area contributed by atoms with E-state index in [-0.39, 0.29) is 18.5 Å². The molecule has 2 amide bonds. The average molecular weight is 373 g/mol. The van der Waals surface area contributed by atoms with Gasteiger partial charge in [0.05, 0.1) is 24.5 Å². The summed E-state index contributed by atoms with van der Waals surface area (Å²) in [6.07, 6.45) is 1.84. The Labute approximate surface area is 155 Å². The number of fused-ring (bicyclic) bond motifs is 2. The van der Waals surface area contributed by atoms with E-state index in [1.54, 1.807) is 44.6 Å². The molecule has 0 bridgehead atoms. The van der Waals surface area contributed by atoms with Crippen LogP contribution in [0.3, 0.4) is 0 Å². The van der Waals surface area contributed by atoms with Crippen molar-refractivity contribution in [2.75, 3.05) is 32.3 Å². The lowest BCUT2D eigenvalue weighted by Crippen LogP contribution is -2.38. The minimum absolute atomic E-state index is 0.0271. The monoisotopic (exact) mass is 373 g/mol. The summed E-state index contributed by atoms with van der Waals surface area (Å²) in [5, 5.41) is 19.1. The molecule has 1 aromatic rings. The van der Waals surface area contributed by atoms with E-state index >= 15 is 0 Å². The summed E-state index contributed by atoms with van der Waals surface area (Å²) < 4.78 is 10.5. The summed E-state index contributed by atoms with van der Waals surface area (Å²) in [5.41, 5.74) is 1.93. The van der Waals surface area contributed by atoms with E-state index in [1.807, 2.05) is 0 Å². The molecule has 0 spiro atoms. The Morgan fingerprint density at radius 2 is 2.04 bits per heavy atom. The van der Waals surface area contributed by atoms with Crippen LogP contribution in [0.5, 0.6) is 0 Å². The van der Waals surface area contributed by atoms with E-state index in [4.69, 9.17) is 9.47 Å². The molecular weight excluding hydrogens is 354 g/mol. The summed E-state index contributed by atoms with van der Waals surface area (Å²) in [4.78, 5) is 29.9. The van der Waals surface area contributed by atoms with Gasteiger partial charge in [0.1, 0.15) is 11.9 Å². The first-order valence-electron chi connectivity index (χ1n) is 8.11. The second-order valence-electron chi connectivity index (χ2n) is 5.92. The molecule has 1 atom stereocenters. The maximum atomic E-state index is 11.9. The van der Waals surface area contributed by atoms with Crippen LogP contribution in [0.2, 0.25) is 0 Å². The van der Waals surface area contributed by atoms with E-state index in [9.17, 15) is 19.8 Å². The van der Waals surface area contributed by atoms with Gasteiger partial charge in [0, 0.05) is 26.0 Å². The van der Waals surface area contributed by atoms with Gasteiger partial charge in [-0.15, -0.1) is 0 Å². The number of allylic oxidation sites excluding steroid dienone is 2. The number of amidine groups is 1. The van der Waals surface area contributed by atoms with E-state index in [1.165, 1.54) is 6.20 Å². The number of rotatable bonds is 4. The first kappa shape index (κ1) is 18.6. The highest BCUT2D eigenvalue weighted by atomic mass is 16.5. The number of carbonyl (C=O) groups is 2. The number of amides is 2. The average Bonchev–Trinajstić information content (AvgIpc) is 2.81. The summed E-state index contributed by atoms with van der Waals surface area (Å²) in [5.74, 6) is 0.183. The zero-order chi connectivity index (χ0) is 19.6. The number of nitrogens with zero attached hydrogens (tertiary/aromatic N) is 3. The Morgan fingerprint density at radius 3 is 2.67 bits per heavy atom. The van der Waals surface area contributed by atoms with Crippen LogP contribution in [-0.2, 0) is 9.47 Å². The Balaban J connectivity index is 2.12. The normalized spacial score (nSPS) is 16.7.